The van der Waals surface area contributed by atoms with Gasteiger partial charge >= 0.3 is 5.97 Å². The molecule has 4 aromatic rings. The Hall–Kier alpha value is -4.64. The highest BCUT2D eigenvalue weighted by Crippen LogP contribution is 2.48. The van der Waals surface area contributed by atoms with E-state index in [-0.39, 0.29) is 5.78 Å². The first-order valence-electron chi connectivity index (χ1n) is 12.7. The molecule has 0 amide bonds. The lowest BCUT2D eigenvalue weighted by molar-refractivity contribution is -0.136. The SMILES string of the molecule is COC(=O)C1=C(C)NC2=C(C(=O)c3ccccc32)[C@@H]1c1cc(C)n(-c2ccc(-c3ccccc3)cc2)c1C. The number of dihydropyridines is 1. The maximum Gasteiger partial charge on any atom is 0.336 e. The maximum absolute atomic E-state index is 13.7. The molecule has 0 bridgehead atoms. The lowest BCUT2D eigenvalue weighted by Gasteiger charge is -2.29. The summed E-state index contributed by atoms with van der Waals surface area (Å²) in [6, 6.07) is 28.4. The average molecular weight is 501 g/mol. The van der Waals surface area contributed by atoms with E-state index in [1.54, 1.807) is 0 Å². The number of hydrogen-bond acceptors (Lipinski definition) is 4. The number of esters is 1. The van der Waals surface area contributed by atoms with Gasteiger partial charge in [-0.2, -0.15) is 0 Å². The molecule has 1 atom stereocenters. The lowest BCUT2D eigenvalue weighted by atomic mass is 9.79. The molecule has 1 aliphatic heterocycles. The summed E-state index contributed by atoms with van der Waals surface area (Å²) < 4.78 is 7.40. The third-order valence-electron chi connectivity index (χ3n) is 7.67. The number of aromatic nitrogens is 1. The zero-order valence-electron chi connectivity index (χ0n) is 21.8. The van der Waals surface area contributed by atoms with Crippen molar-refractivity contribution >= 4 is 17.4 Å². The number of benzene rings is 3. The van der Waals surface area contributed by atoms with Crippen LogP contribution in [0.1, 0.15) is 45.7 Å². The number of nitrogens with one attached hydrogen (secondary N) is 1. The van der Waals surface area contributed by atoms with Crippen molar-refractivity contribution in [2.24, 2.45) is 0 Å². The van der Waals surface area contributed by atoms with Gasteiger partial charge in [-0.05, 0) is 55.7 Å². The second-order valence-electron chi connectivity index (χ2n) is 9.83. The zero-order chi connectivity index (χ0) is 26.6. The van der Waals surface area contributed by atoms with Crippen molar-refractivity contribution < 1.29 is 14.3 Å². The molecule has 5 heteroatoms. The third-order valence-corrected chi connectivity index (χ3v) is 7.67. The Balaban J connectivity index is 1.49. The first-order valence-corrected chi connectivity index (χ1v) is 12.7. The van der Waals surface area contributed by atoms with E-state index in [9.17, 15) is 9.59 Å². The van der Waals surface area contributed by atoms with Crippen LogP contribution in [0.3, 0.4) is 0 Å². The Labute approximate surface area is 222 Å². The van der Waals surface area contributed by atoms with Gasteiger partial charge in [0.15, 0.2) is 5.78 Å². The molecule has 1 aromatic heterocycles. The van der Waals surface area contributed by atoms with E-state index in [4.69, 9.17) is 4.74 Å². The monoisotopic (exact) mass is 500 g/mol. The fourth-order valence-corrected chi connectivity index (χ4v) is 5.93. The summed E-state index contributed by atoms with van der Waals surface area (Å²) in [4.78, 5) is 26.9. The Kier molecular flexibility index (Phi) is 5.64. The quantitative estimate of drug-likeness (QED) is 0.325. The molecule has 0 fully saturated rings. The Morgan fingerprint density at radius 2 is 1.47 bits per heavy atom. The zero-order valence-corrected chi connectivity index (χ0v) is 21.8. The third kappa shape index (κ3) is 3.54. The molecule has 0 saturated heterocycles. The second-order valence-corrected chi connectivity index (χ2v) is 9.83. The Bertz CT molecular complexity index is 1670. The van der Waals surface area contributed by atoms with Crippen LogP contribution >= 0.6 is 0 Å². The van der Waals surface area contributed by atoms with Crippen LogP contribution in [0.25, 0.3) is 22.5 Å². The minimum atomic E-state index is -0.540. The molecule has 38 heavy (non-hydrogen) atoms. The van der Waals surface area contributed by atoms with Crippen molar-refractivity contribution in [3.8, 4) is 16.8 Å². The normalized spacial score (nSPS) is 16.3. The molecule has 2 heterocycles. The highest BCUT2D eigenvalue weighted by atomic mass is 16.5. The number of hydrogen-bond donors (Lipinski definition) is 1. The summed E-state index contributed by atoms with van der Waals surface area (Å²) in [6.07, 6.45) is 0. The number of nitrogens with zero attached hydrogens (tertiary/aromatic N) is 1. The number of methoxy groups -OCH3 is 1. The van der Waals surface area contributed by atoms with Gasteiger partial charge < -0.3 is 14.6 Å². The van der Waals surface area contributed by atoms with Gasteiger partial charge in [0.2, 0.25) is 0 Å². The van der Waals surface area contributed by atoms with Crippen molar-refractivity contribution in [2.75, 3.05) is 7.11 Å². The van der Waals surface area contributed by atoms with E-state index < -0.39 is 11.9 Å². The Morgan fingerprint density at radius 1 is 0.842 bits per heavy atom. The van der Waals surface area contributed by atoms with Crippen molar-refractivity contribution in [1.82, 2.24) is 9.88 Å². The maximum atomic E-state index is 13.7. The van der Waals surface area contributed by atoms with Gasteiger partial charge in [-0.25, -0.2) is 4.79 Å². The first kappa shape index (κ1) is 23.7. The van der Waals surface area contributed by atoms with Crippen LogP contribution in [0.4, 0.5) is 0 Å². The van der Waals surface area contributed by atoms with Gasteiger partial charge in [0.05, 0.1) is 24.3 Å². The number of rotatable bonds is 4. The molecule has 0 radical (unpaired) electrons. The summed E-state index contributed by atoms with van der Waals surface area (Å²) in [5, 5.41) is 3.36. The van der Waals surface area contributed by atoms with Crippen LogP contribution in [0, 0.1) is 13.8 Å². The summed E-state index contributed by atoms with van der Waals surface area (Å²) in [7, 11) is 1.38. The summed E-state index contributed by atoms with van der Waals surface area (Å²) in [5.74, 6) is -1.03. The number of ether oxygens (including phenoxy) is 1. The number of fused-ring (bicyclic) bond motifs is 2. The number of aryl methyl sites for hydroxylation is 1. The summed E-state index contributed by atoms with van der Waals surface area (Å²) in [5.41, 5.74) is 10.3. The topological polar surface area (TPSA) is 60.3 Å². The first-order chi connectivity index (χ1) is 18.4. The van der Waals surface area contributed by atoms with E-state index in [0.717, 1.165) is 45.0 Å². The molecule has 5 nitrogen and oxygen atoms in total. The van der Waals surface area contributed by atoms with E-state index in [2.05, 4.69) is 59.3 Å². The summed E-state index contributed by atoms with van der Waals surface area (Å²) >= 11 is 0. The fourth-order valence-electron chi connectivity index (χ4n) is 5.93. The van der Waals surface area contributed by atoms with Gasteiger partial charge in [0.1, 0.15) is 0 Å². The van der Waals surface area contributed by atoms with Crippen molar-refractivity contribution in [2.45, 2.75) is 26.7 Å². The standard InChI is InChI=1S/C33H28N2O3/c1-19-18-27(21(3)35(19)24-16-14-23(15-17-24)22-10-6-5-7-11-22)29-28(33(37)38-4)20(2)34-31-25-12-8-9-13-26(25)32(36)30(29)31/h5-18,29,34H,1-4H3/t29-/m1/s1. The van der Waals surface area contributed by atoms with Crippen LogP contribution in [-0.4, -0.2) is 23.4 Å². The molecule has 0 unspecified atom stereocenters. The number of allylic oxidation sites excluding steroid dienone is 2. The van der Waals surface area contributed by atoms with Crippen LogP contribution < -0.4 is 5.32 Å². The van der Waals surface area contributed by atoms with E-state index in [1.165, 1.54) is 7.11 Å². The summed E-state index contributed by atoms with van der Waals surface area (Å²) in [6.45, 7) is 5.97. The lowest BCUT2D eigenvalue weighted by Crippen LogP contribution is -2.29. The van der Waals surface area contributed by atoms with Crippen molar-refractivity contribution in [3.05, 3.63) is 130 Å². The average Bonchev–Trinajstić information content (AvgIpc) is 3.40. The van der Waals surface area contributed by atoms with Crippen LogP contribution in [-0.2, 0) is 9.53 Å². The highest BCUT2D eigenvalue weighted by molar-refractivity contribution is 6.23. The number of carbonyl (C=O) groups excluding carboxylic acids is 2. The van der Waals surface area contributed by atoms with Gasteiger partial charge in [0.25, 0.3) is 0 Å². The van der Waals surface area contributed by atoms with Crippen molar-refractivity contribution in [3.63, 3.8) is 0 Å². The molecular weight excluding hydrogens is 472 g/mol. The smallest absolute Gasteiger partial charge is 0.336 e. The molecule has 2 aliphatic rings. The largest absolute Gasteiger partial charge is 0.466 e. The predicted molar refractivity (Wildman–Crippen MR) is 149 cm³/mol. The van der Waals surface area contributed by atoms with E-state index in [0.29, 0.717) is 22.4 Å². The molecular formula is C33H28N2O3. The predicted octanol–water partition coefficient (Wildman–Crippen LogP) is 6.50. The number of ketones is 1. The minimum absolute atomic E-state index is 0.0565. The fraction of sp³-hybridized carbons (Fsp3) is 0.152. The van der Waals surface area contributed by atoms with Gasteiger partial charge in [-0.3, -0.25) is 4.79 Å². The molecule has 188 valence electrons. The van der Waals surface area contributed by atoms with Gasteiger partial charge in [-0.15, -0.1) is 0 Å². The minimum Gasteiger partial charge on any atom is -0.466 e. The number of Topliss-reactive ketones (excluding diaryl/α,β-unsaturated/α-hetero) is 1. The molecule has 6 rings (SSSR count). The second kappa shape index (κ2) is 9.03. The van der Waals surface area contributed by atoms with Crippen LogP contribution in [0.15, 0.2) is 102 Å². The molecule has 1 aliphatic carbocycles. The highest BCUT2D eigenvalue weighted by Gasteiger charge is 2.43. The Morgan fingerprint density at radius 3 is 2.16 bits per heavy atom. The number of carbonyl (C=O) groups is 2. The molecule has 1 N–H and O–H groups in total. The molecule has 3 aromatic carbocycles. The van der Waals surface area contributed by atoms with Crippen molar-refractivity contribution in [1.29, 1.82) is 0 Å². The molecule has 0 spiro atoms. The van der Waals surface area contributed by atoms with Gasteiger partial charge in [-0.1, -0.05) is 66.7 Å². The van der Waals surface area contributed by atoms with Crippen LogP contribution in [0.5, 0.6) is 0 Å². The van der Waals surface area contributed by atoms with Crippen LogP contribution in [0.2, 0.25) is 0 Å². The van der Waals surface area contributed by atoms with Gasteiger partial charge in [0, 0.05) is 39.5 Å². The molecule has 0 saturated carbocycles. The van der Waals surface area contributed by atoms with E-state index in [1.807, 2.05) is 56.3 Å². The van der Waals surface area contributed by atoms with E-state index >= 15 is 0 Å².